The lowest BCUT2D eigenvalue weighted by molar-refractivity contribution is 0.0682. The average Bonchev–Trinajstić information content (AvgIpc) is 2.37. The Morgan fingerprint density at radius 3 is 2.75 bits per heavy atom. The second-order valence-corrected chi connectivity index (χ2v) is 7.62. The van der Waals surface area contributed by atoms with E-state index < -0.39 is 19.8 Å². The molecule has 1 atom stereocenters. The zero-order valence-corrected chi connectivity index (χ0v) is 12.5. The van der Waals surface area contributed by atoms with Crippen LogP contribution in [0, 0.1) is 11.7 Å². The minimum absolute atomic E-state index is 0.139. The molecule has 0 aromatic heterocycles. The summed E-state index contributed by atoms with van der Waals surface area (Å²) in [6.07, 6.45) is 1.98. The second kappa shape index (κ2) is 5.69. The molecule has 1 aliphatic rings. The van der Waals surface area contributed by atoms with E-state index in [9.17, 15) is 17.6 Å². The fraction of sp³-hybridized carbons (Fsp3) is 0.462. The van der Waals surface area contributed by atoms with E-state index in [0.717, 1.165) is 25.0 Å². The van der Waals surface area contributed by atoms with Gasteiger partial charge in [0.05, 0.1) is 0 Å². The molecule has 0 saturated carbocycles. The number of carbonyl (C=O) groups is 1. The van der Waals surface area contributed by atoms with Gasteiger partial charge in [0, 0.05) is 29.3 Å². The van der Waals surface area contributed by atoms with Crippen molar-refractivity contribution in [3.63, 3.8) is 0 Å². The zero-order valence-electron chi connectivity index (χ0n) is 11.0. The van der Waals surface area contributed by atoms with E-state index in [1.165, 1.54) is 6.07 Å². The van der Waals surface area contributed by atoms with Crippen molar-refractivity contribution in [3.05, 3.63) is 29.6 Å². The molecule has 20 heavy (non-hydrogen) atoms. The summed E-state index contributed by atoms with van der Waals surface area (Å²) in [5.74, 6) is -0.842. The quantitative estimate of drug-likeness (QED) is 0.787. The highest BCUT2D eigenvalue weighted by molar-refractivity contribution is 8.13. The maximum Gasteiger partial charge on any atom is 0.264 e. The van der Waals surface area contributed by atoms with Crippen LogP contribution in [-0.4, -0.2) is 32.3 Å². The standard InChI is InChI=1S/C13H15ClFNO3S/c1-9-3-2-6-16(8-9)13(17)10-4-5-11(15)12(7-10)20(14,18)19/h4-5,7,9H,2-3,6,8H2,1H3. The minimum Gasteiger partial charge on any atom is -0.338 e. The van der Waals surface area contributed by atoms with Crippen molar-refractivity contribution in [3.8, 4) is 0 Å². The van der Waals surface area contributed by atoms with E-state index >= 15 is 0 Å². The maximum atomic E-state index is 13.4. The normalized spacial score (nSPS) is 19.9. The van der Waals surface area contributed by atoms with Gasteiger partial charge in [-0.1, -0.05) is 6.92 Å². The summed E-state index contributed by atoms with van der Waals surface area (Å²) in [6, 6.07) is 3.23. The lowest BCUT2D eigenvalue weighted by Gasteiger charge is -2.31. The molecule has 0 spiro atoms. The first kappa shape index (κ1) is 15.3. The van der Waals surface area contributed by atoms with Crippen LogP contribution < -0.4 is 0 Å². The Balaban J connectivity index is 2.31. The summed E-state index contributed by atoms with van der Waals surface area (Å²) < 4.78 is 36.0. The lowest BCUT2D eigenvalue weighted by Crippen LogP contribution is -2.39. The monoisotopic (exact) mass is 319 g/mol. The molecule has 0 N–H and O–H groups in total. The van der Waals surface area contributed by atoms with Crippen LogP contribution in [0.3, 0.4) is 0 Å². The van der Waals surface area contributed by atoms with Crippen molar-refractivity contribution in [2.45, 2.75) is 24.7 Å². The van der Waals surface area contributed by atoms with Crippen LogP contribution in [0.25, 0.3) is 0 Å². The van der Waals surface area contributed by atoms with Gasteiger partial charge < -0.3 is 4.90 Å². The molecular weight excluding hydrogens is 305 g/mol. The highest BCUT2D eigenvalue weighted by atomic mass is 35.7. The Hall–Kier alpha value is -1.14. The fourth-order valence-electron chi connectivity index (χ4n) is 2.38. The van der Waals surface area contributed by atoms with Gasteiger partial charge in [-0.3, -0.25) is 4.79 Å². The lowest BCUT2D eigenvalue weighted by atomic mass is 9.99. The molecule has 1 unspecified atom stereocenters. The molecule has 1 saturated heterocycles. The van der Waals surface area contributed by atoms with Crippen molar-refractivity contribution in [2.24, 2.45) is 5.92 Å². The van der Waals surface area contributed by atoms with Gasteiger partial charge in [0.25, 0.3) is 15.0 Å². The fourth-order valence-corrected chi connectivity index (χ4v) is 3.30. The molecule has 7 heteroatoms. The van der Waals surface area contributed by atoms with Crippen LogP contribution in [0.5, 0.6) is 0 Å². The van der Waals surface area contributed by atoms with Crippen molar-refractivity contribution in [1.29, 1.82) is 0 Å². The molecule has 0 radical (unpaired) electrons. The molecule has 4 nitrogen and oxygen atoms in total. The Morgan fingerprint density at radius 1 is 1.45 bits per heavy atom. The van der Waals surface area contributed by atoms with Crippen LogP contribution in [0.2, 0.25) is 0 Å². The Morgan fingerprint density at radius 2 is 2.15 bits per heavy atom. The first-order chi connectivity index (χ1) is 9.29. The van der Waals surface area contributed by atoms with E-state index in [4.69, 9.17) is 10.7 Å². The number of benzene rings is 1. The van der Waals surface area contributed by atoms with Gasteiger partial charge in [-0.25, -0.2) is 12.8 Å². The minimum atomic E-state index is -4.20. The van der Waals surface area contributed by atoms with Gasteiger partial charge in [-0.15, -0.1) is 0 Å². The first-order valence-electron chi connectivity index (χ1n) is 6.32. The summed E-state index contributed by atoms with van der Waals surface area (Å²) in [7, 11) is 0.952. The van der Waals surface area contributed by atoms with Crippen molar-refractivity contribution >= 4 is 25.6 Å². The van der Waals surface area contributed by atoms with Crippen molar-refractivity contribution < 1.29 is 17.6 Å². The molecule has 1 fully saturated rings. The Kier molecular flexibility index (Phi) is 4.34. The van der Waals surface area contributed by atoms with Crippen LogP contribution in [-0.2, 0) is 9.05 Å². The van der Waals surface area contributed by atoms with E-state index in [1.807, 2.05) is 0 Å². The molecule has 1 aliphatic heterocycles. The van der Waals surface area contributed by atoms with Crippen LogP contribution >= 0.6 is 10.7 Å². The number of nitrogens with zero attached hydrogens (tertiary/aromatic N) is 1. The van der Waals surface area contributed by atoms with E-state index in [0.29, 0.717) is 19.0 Å². The molecule has 0 aliphatic carbocycles. The van der Waals surface area contributed by atoms with Crippen LogP contribution in [0.1, 0.15) is 30.1 Å². The average molecular weight is 320 g/mol. The topological polar surface area (TPSA) is 54.5 Å². The largest absolute Gasteiger partial charge is 0.338 e. The summed E-state index contributed by atoms with van der Waals surface area (Å²) in [5.41, 5.74) is 0.139. The number of carbonyl (C=O) groups excluding carboxylic acids is 1. The zero-order chi connectivity index (χ0) is 14.9. The number of likely N-dealkylation sites (tertiary alicyclic amines) is 1. The molecule has 0 bridgehead atoms. The number of hydrogen-bond acceptors (Lipinski definition) is 3. The van der Waals surface area contributed by atoms with Crippen LogP contribution in [0.15, 0.2) is 23.1 Å². The SMILES string of the molecule is CC1CCCN(C(=O)c2ccc(F)c(S(=O)(=O)Cl)c2)C1. The van der Waals surface area contributed by atoms with Gasteiger partial charge in [-0.05, 0) is 37.0 Å². The molecule has 110 valence electrons. The summed E-state index contributed by atoms with van der Waals surface area (Å²) >= 11 is 0. The molecule has 1 aromatic carbocycles. The van der Waals surface area contributed by atoms with E-state index in [1.54, 1.807) is 4.90 Å². The van der Waals surface area contributed by atoms with E-state index in [2.05, 4.69) is 6.92 Å². The Bertz CT molecular complexity index is 633. The molecule has 1 aromatic rings. The molecule has 1 amide bonds. The molecular formula is C13H15ClFNO3S. The third kappa shape index (κ3) is 3.30. The third-order valence-corrected chi connectivity index (χ3v) is 4.72. The molecule has 1 heterocycles. The number of piperidine rings is 1. The second-order valence-electron chi connectivity index (χ2n) is 5.08. The third-order valence-electron chi connectivity index (χ3n) is 3.39. The van der Waals surface area contributed by atoms with Crippen molar-refractivity contribution in [2.75, 3.05) is 13.1 Å². The Labute approximate surface area is 121 Å². The van der Waals surface area contributed by atoms with Gasteiger partial charge in [0.1, 0.15) is 10.7 Å². The first-order valence-corrected chi connectivity index (χ1v) is 8.63. The maximum absolute atomic E-state index is 13.4. The predicted octanol–water partition coefficient (Wildman–Crippen LogP) is 2.63. The highest BCUT2D eigenvalue weighted by Gasteiger charge is 2.24. The van der Waals surface area contributed by atoms with Gasteiger partial charge in [0.15, 0.2) is 0 Å². The highest BCUT2D eigenvalue weighted by Crippen LogP contribution is 2.23. The number of rotatable bonds is 2. The number of halogens is 2. The van der Waals surface area contributed by atoms with Crippen LogP contribution in [0.4, 0.5) is 4.39 Å². The summed E-state index contributed by atoms with van der Waals surface area (Å²) in [5, 5.41) is 0. The van der Waals surface area contributed by atoms with Gasteiger partial charge >= 0.3 is 0 Å². The van der Waals surface area contributed by atoms with E-state index in [-0.39, 0.29) is 11.5 Å². The summed E-state index contributed by atoms with van der Waals surface area (Å²) in [6.45, 7) is 3.31. The van der Waals surface area contributed by atoms with Gasteiger partial charge in [0.2, 0.25) is 0 Å². The smallest absolute Gasteiger partial charge is 0.264 e. The van der Waals surface area contributed by atoms with Crippen molar-refractivity contribution in [1.82, 2.24) is 4.90 Å². The summed E-state index contributed by atoms with van der Waals surface area (Å²) in [4.78, 5) is 13.3. The number of hydrogen-bond donors (Lipinski definition) is 0. The van der Waals surface area contributed by atoms with Gasteiger partial charge in [-0.2, -0.15) is 0 Å². The number of amides is 1. The molecule has 2 rings (SSSR count). The predicted molar refractivity (Wildman–Crippen MR) is 73.7 cm³/mol.